The van der Waals surface area contributed by atoms with Crippen molar-refractivity contribution in [1.29, 1.82) is 0 Å². The molecule has 0 saturated carbocycles. The zero-order chi connectivity index (χ0) is 22.1. The maximum absolute atomic E-state index is 13.5. The number of nitrogens with zero attached hydrogens (tertiary/aromatic N) is 3. The summed E-state index contributed by atoms with van der Waals surface area (Å²) in [5, 5.41) is 7.72. The average Bonchev–Trinajstić information content (AvgIpc) is 3.25. The van der Waals surface area contributed by atoms with E-state index in [-0.39, 0.29) is 11.9 Å². The smallest absolute Gasteiger partial charge is 0.257 e. The van der Waals surface area contributed by atoms with Crippen molar-refractivity contribution < 1.29 is 4.79 Å². The molecule has 2 heterocycles. The SMILES string of the molecule is O=C(CN1CCc2ccccc2C1)N1N=C(c2ccccc2Cl)CC1c1ccc(Cl)cc1. The van der Waals surface area contributed by atoms with Crippen LogP contribution in [0.25, 0.3) is 0 Å². The molecule has 3 aromatic carbocycles. The fourth-order valence-electron chi connectivity index (χ4n) is 4.50. The molecule has 0 radical (unpaired) electrons. The van der Waals surface area contributed by atoms with Gasteiger partial charge in [-0.3, -0.25) is 9.69 Å². The molecule has 2 aliphatic rings. The van der Waals surface area contributed by atoms with Crippen LogP contribution in [-0.2, 0) is 17.8 Å². The lowest BCUT2D eigenvalue weighted by Gasteiger charge is -2.30. The van der Waals surface area contributed by atoms with Gasteiger partial charge in [-0.05, 0) is 41.3 Å². The minimum Gasteiger partial charge on any atom is -0.290 e. The Balaban J connectivity index is 1.41. The third-order valence-corrected chi connectivity index (χ3v) is 6.76. The summed E-state index contributed by atoms with van der Waals surface area (Å²) >= 11 is 12.5. The third kappa shape index (κ3) is 4.31. The molecular weight excluding hydrogens is 441 g/mol. The zero-order valence-corrected chi connectivity index (χ0v) is 19.1. The van der Waals surface area contributed by atoms with E-state index in [0.717, 1.165) is 36.3 Å². The molecule has 1 atom stereocenters. The molecule has 4 nitrogen and oxygen atoms in total. The number of hydrazone groups is 1. The van der Waals surface area contributed by atoms with Gasteiger partial charge in [0.05, 0.1) is 18.3 Å². The molecular formula is C26H23Cl2N3O. The van der Waals surface area contributed by atoms with Gasteiger partial charge in [-0.1, -0.05) is 77.8 Å². The summed E-state index contributed by atoms with van der Waals surface area (Å²) in [6, 6.07) is 23.6. The number of fused-ring (bicyclic) bond motifs is 1. The lowest BCUT2D eigenvalue weighted by atomic mass is 9.98. The maximum Gasteiger partial charge on any atom is 0.257 e. The first-order chi connectivity index (χ1) is 15.6. The molecule has 0 saturated heterocycles. The predicted molar refractivity (Wildman–Crippen MR) is 129 cm³/mol. The molecule has 3 aromatic rings. The van der Waals surface area contributed by atoms with E-state index < -0.39 is 0 Å². The predicted octanol–water partition coefficient (Wildman–Crippen LogP) is 5.73. The van der Waals surface area contributed by atoms with Crippen LogP contribution in [0.1, 0.15) is 34.7 Å². The molecule has 32 heavy (non-hydrogen) atoms. The largest absolute Gasteiger partial charge is 0.290 e. The van der Waals surface area contributed by atoms with Crippen LogP contribution < -0.4 is 0 Å². The highest BCUT2D eigenvalue weighted by molar-refractivity contribution is 6.34. The first-order valence-electron chi connectivity index (χ1n) is 10.8. The van der Waals surface area contributed by atoms with Gasteiger partial charge >= 0.3 is 0 Å². The topological polar surface area (TPSA) is 35.9 Å². The van der Waals surface area contributed by atoms with Crippen molar-refractivity contribution in [2.45, 2.75) is 25.4 Å². The molecule has 6 heteroatoms. The highest BCUT2D eigenvalue weighted by Gasteiger charge is 2.34. The zero-order valence-electron chi connectivity index (χ0n) is 17.5. The monoisotopic (exact) mass is 463 g/mol. The minimum absolute atomic E-state index is 0.00798. The molecule has 1 unspecified atom stereocenters. The van der Waals surface area contributed by atoms with Crippen LogP contribution in [-0.4, -0.2) is 34.6 Å². The Morgan fingerprint density at radius 3 is 2.44 bits per heavy atom. The molecule has 162 valence electrons. The second-order valence-electron chi connectivity index (χ2n) is 8.27. The molecule has 0 bridgehead atoms. The fourth-order valence-corrected chi connectivity index (χ4v) is 4.87. The molecule has 0 spiro atoms. The molecule has 0 N–H and O–H groups in total. The normalized spacial score (nSPS) is 18.4. The maximum atomic E-state index is 13.5. The summed E-state index contributed by atoms with van der Waals surface area (Å²) in [6.07, 6.45) is 1.57. The van der Waals surface area contributed by atoms with E-state index in [0.29, 0.717) is 23.0 Å². The van der Waals surface area contributed by atoms with E-state index in [4.69, 9.17) is 28.3 Å². The quantitative estimate of drug-likeness (QED) is 0.495. The van der Waals surface area contributed by atoms with Gasteiger partial charge in [0.25, 0.3) is 5.91 Å². The summed E-state index contributed by atoms with van der Waals surface area (Å²) in [4.78, 5) is 15.7. The van der Waals surface area contributed by atoms with Crippen molar-refractivity contribution in [1.82, 2.24) is 9.91 Å². The van der Waals surface area contributed by atoms with Crippen LogP contribution in [0, 0.1) is 0 Å². The summed E-state index contributed by atoms with van der Waals surface area (Å²) < 4.78 is 0. The number of halogens is 2. The van der Waals surface area contributed by atoms with Crippen molar-refractivity contribution in [2.24, 2.45) is 5.10 Å². The molecule has 0 fully saturated rings. The average molecular weight is 464 g/mol. The molecule has 1 amide bonds. The minimum atomic E-state index is -0.178. The number of carbonyl (C=O) groups is 1. The van der Waals surface area contributed by atoms with Crippen LogP contribution in [0.5, 0.6) is 0 Å². The summed E-state index contributed by atoms with van der Waals surface area (Å²) in [5.41, 5.74) is 5.37. The van der Waals surface area contributed by atoms with Crippen LogP contribution in [0.15, 0.2) is 77.9 Å². The second-order valence-corrected chi connectivity index (χ2v) is 9.11. The Labute approximate surface area is 198 Å². The van der Waals surface area contributed by atoms with Crippen molar-refractivity contribution in [3.8, 4) is 0 Å². The van der Waals surface area contributed by atoms with Gasteiger partial charge < -0.3 is 0 Å². The van der Waals surface area contributed by atoms with Crippen molar-refractivity contribution in [3.05, 3.63) is 105 Å². The Morgan fingerprint density at radius 2 is 1.66 bits per heavy atom. The van der Waals surface area contributed by atoms with Crippen molar-refractivity contribution in [2.75, 3.05) is 13.1 Å². The van der Waals surface area contributed by atoms with E-state index in [2.05, 4.69) is 29.2 Å². The number of benzene rings is 3. The lowest BCUT2D eigenvalue weighted by molar-refractivity contribution is -0.134. The summed E-state index contributed by atoms with van der Waals surface area (Å²) in [7, 11) is 0. The van der Waals surface area contributed by atoms with Gasteiger partial charge in [-0.2, -0.15) is 5.10 Å². The Morgan fingerprint density at radius 1 is 0.938 bits per heavy atom. The molecule has 0 aliphatic carbocycles. The van der Waals surface area contributed by atoms with Crippen LogP contribution >= 0.6 is 23.2 Å². The summed E-state index contributed by atoms with van der Waals surface area (Å²) in [6.45, 7) is 1.98. The van der Waals surface area contributed by atoms with Gasteiger partial charge in [0, 0.05) is 35.1 Å². The van der Waals surface area contributed by atoms with Gasteiger partial charge in [0.15, 0.2) is 0 Å². The Bertz CT molecular complexity index is 1180. The van der Waals surface area contributed by atoms with Crippen LogP contribution in [0.2, 0.25) is 10.0 Å². The first kappa shape index (κ1) is 21.2. The van der Waals surface area contributed by atoms with Gasteiger partial charge in [-0.15, -0.1) is 0 Å². The van der Waals surface area contributed by atoms with E-state index in [1.54, 1.807) is 5.01 Å². The number of carbonyl (C=O) groups excluding carboxylic acids is 1. The fraction of sp³-hybridized carbons (Fsp3) is 0.231. The highest BCUT2D eigenvalue weighted by atomic mass is 35.5. The summed E-state index contributed by atoms with van der Waals surface area (Å²) in [5.74, 6) is -0.00798. The van der Waals surface area contributed by atoms with E-state index in [1.807, 2.05) is 48.5 Å². The Hall–Kier alpha value is -2.66. The van der Waals surface area contributed by atoms with E-state index in [1.165, 1.54) is 11.1 Å². The molecule has 0 aromatic heterocycles. The number of rotatable bonds is 4. The highest BCUT2D eigenvalue weighted by Crippen LogP contribution is 2.35. The second kappa shape index (κ2) is 9.07. The van der Waals surface area contributed by atoms with Gasteiger partial charge in [0.2, 0.25) is 0 Å². The van der Waals surface area contributed by atoms with Crippen LogP contribution in [0.3, 0.4) is 0 Å². The third-order valence-electron chi connectivity index (χ3n) is 6.17. The van der Waals surface area contributed by atoms with Crippen molar-refractivity contribution >= 4 is 34.8 Å². The Kier molecular flexibility index (Phi) is 6.01. The molecule has 2 aliphatic heterocycles. The number of hydrogen-bond acceptors (Lipinski definition) is 3. The van der Waals surface area contributed by atoms with Gasteiger partial charge in [0.1, 0.15) is 0 Å². The number of amides is 1. The van der Waals surface area contributed by atoms with E-state index >= 15 is 0 Å². The number of hydrogen-bond donors (Lipinski definition) is 0. The van der Waals surface area contributed by atoms with Crippen molar-refractivity contribution in [3.63, 3.8) is 0 Å². The van der Waals surface area contributed by atoms with Gasteiger partial charge in [-0.25, -0.2) is 5.01 Å². The standard InChI is InChI=1S/C26H23Cl2N3O/c27-21-11-9-19(10-12-21)25-15-24(22-7-3-4-8-23(22)28)29-31(25)26(32)17-30-14-13-18-5-1-2-6-20(18)16-30/h1-12,25H,13-17H2. The lowest BCUT2D eigenvalue weighted by Crippen LogP contribution is -2.40. The first-order valence-corrected chi connectivity index (χ1v) is 11.5. The van der Waals surface area contributed by atoms with Crippen LogP contribution in [0.4, 0.5) is 0 Å². The van der Waals surface area contributed by atoms with E-state index in [9.17, 15) is 4.79 Å². The molecule has 5 rings (SSSR count).